The van der Waals surface area contributed by atoms with Crippen LogP contribution in [-0.4, -0.2) is 17.8 Å². The van der Waals surface area contributed by atoms with Crippen molar-refractivity contribution < 1.29 is 9.18 Å². The molecule has 106 valence electrons. The first-order valence-corrected chi connectivity index (χ1v) is 8.59. The van der Waals surface area contributed by atoms with Crippen molar-refractivity contribution in [2.24, 2.45) is 5.41 Å². The number of carbonyl (C=O) groups excluding carboxylic acids is 1. The van der Waals surface area contributed by atoms with E-state index in [1.807, 2.05) is 6.07 Å². The SMILES string of the molecule is O=C(NCC1(CCBr)CC1)c1cc2ccc(F)cc2s1. The normalized spacial score (nSPS) is 16.3. The van der Waals surface area contributed by atoms with Crippen LogP contribution < -0.4 is 5.32 Å². The number of benzene rings is 1. The summed E-state index contributed by atoms with van der Waals surface area (Å²) in [4.78, 5) is 12.8. The highest BCUT2D eigenvalue weighted by molar-refractivity contribution is 9.09. The van der Waals surface area contributed by atoms with Gasteiger partial charge in [-0.05, 0) is 48.3 Å². The average molecular weight is 356 g/mol. The molecule has 1 aromatic carbocycles. The van der Waals surface area contributed by atoms with Crippen molar-refractivity contribution in [2.45, 2.75) is 19.3 Å². The predicted molar refractivity (Wildman–Crippen MR) is 84.2 cm³/mol. The molecular formula is C15H15BrFNOS. The van der Waals surface area contributed by atoms with Crippen LogP contribution >= 0.6 is 27.3 Å². The lowest BCUT2D eigenvalue weighted by molar-refractivity contribution is 0.0948. The fourth-order valence-electron chi connectivity index (χ4n) is 2.36. The second kappa shape index (κ2) is 5.45. The molecular weight excluding hydrogens is 341 g/mol. The van der Waals surface area contributed by atoms with Crippen LogP contribution in [0.15, 0.2) is 24.3 Å². The molecule has 0 atom stereocenters. The fourth-order valence-corrected chi connectivity index (χ4v) is 4.21. The number of nitrogens with one attached hydrogen (secondary N) is 1. The van der Waals surface area contributed by atoms with Gasteiger partial charge in [0.25, 0.3) is 5.91 Å². The van der Waals surface area contributed by atoms with Crippen LogP contribution in [0.2, 0.25) is 0 Å². The Bertz CT molecular complexity index is 650. The maximum Gasteiger partial charge on any atom is 0.261 e. The van der Waals surface area contributed by atoms with Gasteiger partial charge < -0.3 is 5.32 Å². The molecule has 0 unspecified atom stereocenters. The molecule has 0 aliphatic heterocycles. The minimum Gasteiger partial charge on any atom is -0.351 e. The number of fused-ring (bicyclic) bond motifs is 1. The minimum atomic E-state index is -0.263. The molecule has 1 fully saturated rings. The number of hydrogen-bond acceptors (Lipinski definition) is 2. The van der Waals surface area contributed by atoms with Crippen molar-refractivity contribution in [1.82, 2.24) is 5.32 Å². The summed E-state index contributed by atoms with van der Waals surface area (Å²) in [6.45, 7) is 0.736. The van der Waals surface area contributed by atoms with Crippen LogP contribution in [0.4, 0.5) is 4.39 Å². The van der Waals surface area contributed by atoms with E-state index >= 15 is 0 Å². The summed E-state index contributed by atoms with van der Waals surface area (Å²) >= 11 is 4.80. The number of halogens is 2. The number of hydrogen-bond donors (Lipinski definition) is 1. The van der Waals surface area contributed by atoms with E-state index in [0.29, 0.717) is 10.3 Å². The molecule has 5 heteroatoms. The summed E-state index contributed by atoms with van der Waals surface area (Å²) in [7, 11) is 0. The van der Waals surface area contributed by atoms with Gasteiger partial charge in [0, 0.05) is 16.6 Å². The number of carbonyl (C=O) groups is 1. The minimum absolute atomic E-state index is 0.0487. The van der Waals surface area contributed by atoms with E-state index in [1.54, 1.807) is 6.07 Å². The van der Waals surface area contributed by atoms with E-state index < -0.39 is 0 Å². The summed E-state index contributed by atoms with van der Waals surface area (Å²) < 4.78 is 14.0. The molecule has 1 N–H and O–H groups in total. The first-order valence-electron chi connectivity index (χ1n) is 6.65. The highest BCUT2D eigenvalue weighted by Gasteiger charge is 2.41. The van der Waals surface area contributed by atoms with Crippen molar-refractivity contribution in [3.05, 3.63) is 35.0 Å². The molecule has 0 bridgehead atoms. The Morgan fingerprint density at radius 2 is 2.20 bits per heavy atom. The smallest absolute Gasteiger partial charge is 0.261 e. The Kier molecular flexibility index (Phi) is 3.82. The molecule has 1 saturated carbocycles. The molecule has 0 spiro atoms. The number of amides is 1. The van der Waals surface area contributed by atoms with E-state index in [-0.39, 0.29) is 11.7 Å². The van der Waals surface area contributed by atoms with Crippen molar-refractivity contribution >= 4 is 43.3 Å². The van der Waals surface area contributed by atoms with Crippen LogP contribution in [0.1, 0.15) is 28.9 Å². The Hall–Kier alpha value is -0.940. The monoisotopic (exact) mass is 355 g/mol. The van der Waals surface area contributed by atoms with Crippen LogP contribution in [0.5, 0.6) is 0 Å². The highest BCUT2D eigenvalue weighted by atomic mass is 79.9. The van der Waals surface area contributed by atoms with E-state index in [4.69, 9.17) is 0 Å². The number of rotatable bonds is 5. The molecule has 1 aliphatic carbocycles. The summed E-state index contributed by atoms with van der Waals surface area (Å²) in [6, 6.07) is 6.44. The molecule has 3 rings (SSSR count). The summed E-state index contributed by atoms with van der Waals surface area (Å²) in [6.07, 6.45) is 3.48. The van der Waals surface area contributed by atoms with Crippen LogP contribution in [0.25, 0.3) is 10.1 Å². The zero-order valence-electron chi connectivity index (χ0n) is 10.9. The third kappa shape index (κ3) is 2.88. The molecule has 0 radical (unpaired) electrons. The van der Waals surface area contributed by atoms with Crippen molar-refractivity contribution in [3.8, 4) is 0 Å². The maximum absolute atomic E-state index is 13.1. The van der Waals surface area contributed by atoms with Gasteiger partial charge in [-0.3, -0.25) is 4.79 Å². The molecule has 1 aliphatic rings. The molecule has 2 nitrogen and oxygen atoms in total. The van der Waals surface area contributed by atoms with E-state index in [2.05, 4.69) is 21.2 Å². The lowest BCUT2D eigenvalue weighted by Gasteiger charge is -2.13. The maximum atomic E-state index is 13.1. The van der Waals surface area contributed by atoms with Gasteiger partial charge in [-0.1, -0.05) is 22.0 Å². The summed E-state index contributed by atoms with van der Waals surface area (Å²) in [5, 5.41) is 4.92. The Morgan fingerprint density at radius 3 is 2.90 bits per heavy atom. The van der Waals surface area contributed by atoms with Crippen molar-refractivity contribution in [2.75, 3.05) is 11.9 Å². The second-order valence-corrected chi connectivity index (χ2v) is 7.29. The third-order valence-electron chi connectivity index (χ3n) is 3.91. The fraction of sp³-hybridized carbons (Fsp3) is 0.400. The van der Waals surface area contributed by atoms with Crippen LogP contribution in [0.3, 0.4) is 0 Å². The van der Waals surface area contributed by atoms with Gasteiger partial charge in [-0.25, -0.2) is 4.39 Å². The second-order valence-electron chi connectivity index (χ2n) is 5.41. The average Bonchev–Trinajstić information content (AvgIpc) is 3.06. The van der Waals surface area contributed by atoms with Crippen LogP contribution in [-0.2, 0) is 0 Å². The van der Waals surface area contributed by atoms with Gasteiger partial charge in [0.1, 0.15) is 5.82 Å². The number of thiophene rings is 1. The largest absolute Gasteiger partial charge is 0.351 e. The van der Waals surface area contributed by atoms with E-state index in [0.717, 1.165) is 28.4 Å². The van der Waals surface area contributed by atoms with Crippen molar-refractivity contribution in [1.29, 1.82) is 0 Å². The summed E-state index contributed by atoms with van der Waals surface area (Å²) in [5.41, 5.74) is 0.307. The Labute approximate surface area is 129 Å². The molecule has 20 heavy (non-hydrogen) atoms. The number of alkyl halides is 1. The van der Waals surface area contributed by atoms with Gasteiger partial charge in [0.15, 0.2) is 0 Å². The highest BCUT2D eigenvalue weighted by Crippen LogP contribution is 2.48. The lowest BCUT2D eigenvalue weighted by atomic mass is 10.0. The first-order chi connectivity index (χ1) is 9.62. The molecule has 1 aromatic heterocycles. The molecule has 1 heterocycles. The van der Waals surface area contributed by atoms with Crippen LogP contribution in [0, 0.1) is 11.2 Å². The van der Waals surface area contributed by atoms with Crippen molar-refractivity contribution in [3.63, 3.8) is 0 Å². The van der Waals surface area contributed by atoms with E-state index in [9.17, 15) is 9.18 Å². The molecule has 2 aromatic rings. The summed E-state index contributed by atoms with van der Waals surface area (Å²) in [5.74, 6) is -0.312. The van der Waals surface area contributed by atoms with Gasteiger partial charge in [-0.2, -0.15) is 0 Å². The van der Waals surface area contributed by atoms with E-state index in [1.165, 1.54) is 36.3 Å². The predicted octanol–water partition coefficient (Wildman–Crippen LogP) is 4.34. The lowest BCUT2D eigenvalue weighted by Crippen LogP contribution is -2.29. The van der Waals surface area contributed by atoms with Gasteiger partial charge in [0.05, 0.1) is 4.88 Å². The Morgan fingerprint density at radius 1 is 1.40 bits per heavy atom. The third-order valence-corrected chi connectivity index (χ3v) is 5.40. The molecule has 0 saturated heterocycles. The zero-order valence-corrected chi connectivity index (χ0v) is 13.3. The van der Waals surface area contributed by atoms with Gasteiger partial charge >= 0.3 is 0 Å². The van der Waals surface area contributed by atoms with Gasteiger partial charge in [-0.15, -0.1) is 11.3 Å². The quantitative estimate of drug-likeness (QED) is 0.794. The Balaban J connectivity index is 1.69. The first kappa shape index (κ1) is 14.0. The standard InChI is InChI=1S/C15H15BrFNOS/c16-6-5-15(3-4-15)9-18-14(19)13-7-10-1-2-11(17)8-12(10)20-13/h1-2,7-8H,3-6,9H2,(H,18,19). The topological polar surface area (TPSA) is 29.1 Å². The molecule has 1 amide bonds. The van der Waals surface area contributed by atoms with Gasteiger partial charge in [0.2, 0.25) is 0 Å². The zero-order chi connectivity index (χ0) is 14.2.